The second-order valence-electron chi connectivity index (χ2n) is 6.61. The summed E-state index contributed by atoms with van der Waals surface area (Å²) >= 11 is 1.72. The van der Waals surface area contributed by atoms with Gasteiger partial charge in [0.2, 0.25) is 17.8 Å². The van der Waals surface area contributed by atoms with Crippen LogP contribution in [0.25, 0.3) is 0 Å². The first-order chi connectivity index (χ1) is 14.3. The summed E-state index contributed by atoms with van der Waals surface area (Å²) in [4.78, 5) is 17.0. The van der Waals surface area contributed by atoms with E-state index < -0.39 is 0 Å². The minimum absolute atomic E-state index is 0.414. The number of aromatic nitrogens is 3. The molecular weight excluding hydrogens is 382 g/mol. The Hall–Kier alpha value is -3.13. The summed E-state index contributed by atoms with van der Waals surface area (Å²) in [7, 11) is 0. The Balaban J connectivity index is 1.53. The Labute approximate surface area is 174 Å². The number of thioether (sulfide) groups is 1. The van der Waals surface area contributed by atoms with E-state index in [1.807, 2.05) is 42.5 Å². The predicted octanol–water partition coefficient (Wildman–Crippen LogP) is 4.38. The zero-order valence-corrected chi connectivity index (χ0v) is 17.1. The molecule has 2 N–H and O–H groups in total. The number of benzene rings is 2. The summed E-state index contributed by atoms with van der Waals surface area (Å²) < 4.78 is 0. The van der Waals surface area contributed by atoms with Crippen molar-refractivity contribution in [2.45, 2.75) is 17.7 Å². The van der Waals surface area contributed by atoms with Crippen molar-refractivity contribution in [1.29, 1.82) is 0 Å². The van der Waals surface area contributed by atoms with E-state index in [-0.39, 0.29) is 0 Å². The standard InChI is InChI=1S/C21H23N7S/c1-29-18-11-9-16(10-12-18)15-22-27-20-24-19(23-17-7-3-2-4-8-17)25-21(26-20)28-13-5-6-14-28/h2-4,7-12,15H,5-6,13-14H2,1H3,(H2,23,24,25,26,27)/b22-15-. The molecule has 1 saturated heterocycles. The van der Waals surface area contributed by atoms with Crippen LogP contribution in [0.4, 0.5) is 23.5 Å². The van der Waals surface area contributed by atoms with Gasteiger partial charge in [0, 0.05) is 23.7 Å². The first-order valence-corrected chi connectivity index (χ1v) is 10.8. The van der Waals surface area contributed by atoms with Crippen LogP contribution in [0.5, 0.6) is 0 Å². The molecule has 4 rings (SSSR count). The second-order valence-corrected chi connectivity index (χ2v) is 7.49. The maximum Gasteiger partial charge on any atom is 0.250 e. The molecule has 2 heterocycles. The number of rotatable bonds is 7. The van der Waals surface area contributed by atoms with Crippen LogP contribution in [0.2, 0.25) is 0 Å². The van der Waals surface area contributed by atoms with Crippen LogP contribution < -0.4 is 15.6 Å². The Morgan fingerprint density at radius 2 is 1.66 bits per heavy atom. The number of hydrogen-bond donors (Lipinski definition) is 2. The number of anilines is 4. The number of nitrogens with zero attached hydrogens (tertiary/aromatic N) is 5. The maximum atomic E-state index is 4.59. The highest BCUT2D eigenvalue weighted by atomic mass is 32.2. The third-order valence-corrected chi connectivity index (χ3v) is 5.28. The average molecular weight is 406 g/mol. The molecule has 1 aliphatic heterocycles. The van der Waals surface area contributed by atoms with Crippen LogP contribution >= 0.6 is 11.8 Å². The van der Waals surface area contributed by atoms with Crippen LogP contribution in [-0.4, -0.2) is 40.5 Å². The van der Waals surface area contributed by atoms with Crippen LogP contribution in [-0.2, 0) is 0 Å². The fraction of sp³-hybridized carbons (Fsp3) is 0.238. The molecule has 0 radical (unpaired) electrons. The van der Waals surface area contributed by atoms with Crippen molar-refractivity contribution in [2.24, 2.45) is 5.10 Å². The molecule has 0 spiro atoms. The average Bonchev–Trinajstić information content (AvgIpc) is 3.30. The Bertz CT molecular complexity index is 955. The molecule has 0 atom stereocenters. The lowest BCUT2D eigenvalue weighted by atomic mass is 10.2. The van der Waals surface area contributed by atoms with E-state index in [2.05, 4.69) is 54.1 Å². The third kappa shape index (κ3) is 5.23. The van der Waals surface area contributed by atoms with E-state index in [1.165, 1.54) is 4.90 Å². The lowest BCUT2D eigenvalue weighted by molar-refractivity contribution is 0.883. The quantitative estimate of drug-likeness (QED) is 0.343. The molecule has 0 amide bonds. The molecule has 1 aliphatic rings. The molecule has 29 heavy (non-hydrogen) atoms. The van der Waals surface area contributed by atoms with Gasteiger partial charge in [-0.25, -0.2) is 5.43 Å². The third-order valence-electron chi connectivity index (χ3n) is 4.54. The lowest BCUT2D eigenvalue weighted by Crippen LogP contribution is -2.21. The highest BCUT2D eigenvalue weighted by Gasteiger charge is 2.17. The van der Waals surface area contributed by atoms with Gasteiger partial charge in [0.1, 0.15) is 0 Å². The molecule has 0 unspecified atom stereocenters. The van der Waals surface area contributed by atoms with E-state index in [9.17, 15) is 0 Å². The van der Waals surface area contributed by atoms with E-state index in [0.29, 0.717) is 17.8 Å². The van der Waals surface area contributed by atoms with Crippen LogP contribution in [0, 0.1) is 0 Å². The number of para-hydroxylation sites is 1. The molecule has 1 fully saturated rings. The van der Waals surface area contributed by atoms with Crippen molar-refractivity contribution in [1.82, 2.24) is 15.0 Å². The van der Waals surface area contributed by atoms with E-state index >= 15 is 0 Å². The minimum Gasteiger partial charge on any atom is -0.341 e. The Kier molecular flexibility index (Phi) is 6.21. The number of hydrogen-bond acceptors (Lipinski definition) is 8. The molecular formula is C21H23N7S. The van der Waals surface area contributed by atoms with Crippen LogP contribution in [0.1, 0.15) is 18.4 Å². The zero-order chi connectivity index (χ0) is 19.9. The second kappa shape index (κ2) is 9.38. The van der Waals surface area contributed by atoms with E-state index in [4.69, 9.17) is 0 Å². The smallest absolute Gasteiger partial charge is 0.250 e. The molecule has 0 bridgehead atoms. The van der Waals surface area contributed by atoms with Gasteiger partial charge < -0.3 is 10.2 Å². The fourth-order valence-corrected chi connectivity index (χ4v) is 3.44. The van der Waals surface area contributed by atoms with Crippen molar-refractivity contribution in [2.75, 3.05) is 35.0 Å². The van der Waals surface area contributed by atoms with Gasteiger partial charge in [-0.3, -0.25) is 0 Å². The van der Waals surface area contributed by atoms with Gasteiger partial charge in [-0.1, -0.05) is 30.3 Å². The molecule has 2 aromatic carbocycles. The van der Waals surface area contributed by atoms with Gasteiger partial charge in [-0.05, 0) is 48.9 Å². The maximum absolute atomic E-state index is 4.59. The van der Waals surface area contributed by atoms with Gasteiger partial charge in [0.25, 0.3) is 0 Å². The van der Waals surface area contributed by atoms with Gasteiger partial charge in [0.15, 0.2) is 0 Å². The normalized spacial score (nSPS) is 13.8. The Morgan fingerprint density at radius 3 is 2.38 bits per heavy atom. The number of nitrogens with one attached hydrogen (secondary N) is 2. The fourth-order valence-electron chi connectivity index (χ4n) is 3.03. The molecule has 0 saturated carbocycles. The summed E-state index contributed by atoms with van der Waals surface area (Å²) in [6, 6.07) is 18.1. The minimum atomic E-state index is 0.414. The van der Waals surface area contributed by atoms with Crippen molar-refractivity contribution < 1.29 is 0 Å². The first kappa shape index (κ1) is 19.2. The highest BCUT2D eigenvalue weighted by molar-refractivity contribution is 7.98. The van der Waals surface area contributed by atoms with Gasteiger partial charge in [0.05, 0.1) is 6.21 Å². The molecule has 148 valence electrons. The van der Waals surface area contributed by atoms with Crippen LogP contribution in [0.3, 0.4) is 0 Å². The zero-order valence-electron chi connectivity index (χ0n) is 16.2. The monoisotopic (exact) mass is 405 g/mol. The predicted molar refractivity (Wildman–Crippen MR) is 120 cm³/mol. The number of hydrazone groups is 1. The van der Waals surface area contributed by atoms with E-state index in [1.54, 1.807) is 18.0 Å². The van der Waals surface area contributed by atoms with Gasteiger partial charge >= 0.3 is 0 Å². The summed E-state index contributed by atoms with van der Waals surface area (Å²) in [5, 5.41) is 7.55. The lowest BCUT2D eigenvalue weighted by Gasteiger charge is -2.16. The SMILES string of the molecule is CSc1ccc(/C=N\Nc2nc(Nc3ccccc3)nc(N3CCCC3)n2)cc1. The molecule has 8 heteroatoms. The van der Waals surface area contributed by atoms with Gasteiger partial charge in [-0.2, -0.15) is 20.1 Å². The topological polar surface area (TPSA) is 78.3 Å². The molecule has 1 aromatic heterocycles. The summed E-state index contributed by atoms with van der Waals surface area (Å²) in [6.07, 6.45) is 6.12. The Morgan fingerprint density at radius 1 is 0.931 bits per heavy atom. The van der Waals surface area contributed by atoms with Crippen molar-refractivity contribution in [3.63, 3.8) is 0 Å². The van der Waals surface area contributed by atoms with Crippen molar-refractivity contribution in [3.8, 4) is 0 Å². The van der Waals surface area contributed by atoms with Crippen LogP contribution in [0.15, 0.2) is 64.6 Å². The first-order valence-electron chi connectivity index (χ1n) is 9.56. The van der Waals surface area contributed by atoms with Gasteiger partial charge in [-0.15, -0.1) is 11.8 Å². The highest BCUT2D eigenvalue weighted by Crippen LogP contribution is 2.21. The summed E-state index contributed by atoms with van der Waals surface area (Å²) in [5.41, 5.74) is 4.88. The van der Waals surface area contributed by atoms with Crippen molar-refractivity contribution >= 4 is 41.5 Å². The van der Waals surface area contributed by atoms with Crippen molar-refractivity contribution in [3.05, 3.63) is 60.2 Å². The summed E-state index contributed by atoms with van der Waals surface area (Å²) in [6.45, 7) is 1.92. The van der Waals surface area contributed by atoms with E-state index in [0.717, 1.165) is 37.2 Å². The molecule has 3 aromatic rings. The largest absolute Gasteiger partial charge is 0.341 e. The molecule has 7 nitrogen and oxygen atoms in total. The molecule has 0 aliphatic carbocycles. The summed E-state index contributed by atoms with van der Waals surface area (Å²) in [5.74, 6) is 1.57.